The summed E-state index contributed by atoms with van der Waals surface area (Å²) in [5, 5.41) is 3.53. The summed E-state index contributed by atoms with van der Waals surface area (Å²) in [5.41, 5.74) is 0.710. The molecule has 1 aromatic rings. The van der Waals surface area contributed by atoms with Gasteiger partial charge >= 0.3 is 0 Å². The van der Waals surface area contributed by atoms with Crippen molar-refractivity contribution in [2.24, 2.45) is 0 Å². The predicted molar refractivity (Wildman–Crippen MR) is 87.7 cm³/mol. The molecule has 1 aliphatic rings. The maximum atomic E-state index is 14.6. The lowest BCUT2D eigenvalue weighted by atomic mass is 9.98. The molecule has 1 aliphatic heterocycles. The minimum Gasteiger partial charge on any atom is -0.494 e. The molecule has 118 valence electrons. The molecule has 0 aromatic heterocycles. The lowest BCUT2D eigenvalue weighted by Gasteiger charge is -2.38. The fraction of sp³-hybridized carbons (Fsp3) is 0.625. The summed E-state index contributed by atoms with van der Waals surface area (Å²) < 4.78 is 19.8. The summed E-state index contributed by atoms with van der Waals surface area (Å²) in [4.78, 5) is 2.34. The first-order chi connectivity index (χ1) is 10.2. The number of likely N-dealkylation sites (N-methyl/N-ethyl adjacent to an activating group) is 1. The Morgan fingerprint density at radius 3 is 3.00 bits per heavy atom. The fourth-order valence-corrected chi connectivity index (χ4v) is 4.01. The Kier molecular flexibility index (Phi) is 6.33. The number of thioether (sulfide) groups is 1. The number of rotatable bonds is 6. The van der Waals surface area contributed by atoms with E-state index in [1.807, 2.05) is 23.9 Å². The molecular formula is C16H25FN2OS. The van der Waals surface area contributed by atoms with Crippen LogP contribution >= 0.6 is 11.8 Å². The van der Waals surface area contributed by atoms with Crippen molar-refractivity contribution in [2.75, 3.05) is 38.8 Å². The smallest absolute Gasteiger partial charge is 0.169 e. The molecule has 0 spiro atoms. The molecule has 0 aliphatic carbocycles. The Hall–Kier alpha value is -0.780. The molecule has 0 saturated carbocycles. The van der Waals surface area contributed by atoms with Crippen molar-refractivity contribution in [3.8, 4) is 5.75 Å². The van der Waals surface area contributed by atoms with E-state index in [0.29, 0.717) is 17.4 Å². The largest absolute Gasteiger partial charge is 0.494 e. The Balaban J connectivity index is 2.30. The number of hydrogen-bond acceptors (Lipinski definition) is 4. The van der Waals surface area contributed by atoms with Gasteiger partial charge in [0.1, 0.15) is 0 Å². The second-order valence-corrected chi connectivity index (χ2v) is 6.57. The molecule has 1 N–H and O–H groups in total. The lowest BCUT2D eigenvalue weighted by molar-refractivity contribution is 0.212. The number of nitrogens with one attached hydrogen (secondary N) is 1. The van der Waals surface area contributed by atoms with Crippen LogP contribution in [0.2, 0.25) is 0 Å². The van der Waals surface area contributed by atoms with E-state index in [2.05, 4.69) is 24.2 Å². The summed E-state index contributed by atoms with van der Waals surface area (Å²) in [5.74, 6) is 2.25. The van der Waals surface area contributed by atoms with Crippen molar-refractivity contribution < 1.29 is 9.13 Å². The normalized spacial score (nSPS) is 21.2. The molecule has 21 heavy (non-hydrogen) atoms. The van der Waals surface area contributed by atoms with Gasteiger partial charge in [-0.1, -0.05) is 19.1 Å². The third kappa shape index (κ3) is 3.90. The third-order valence-corrected chi connectivity index (χ3v) is 5.04. The number of nitrogens with zero attached hydrogens (tertiary/aromatic N) is 1. The maximum absolute atomic E-state index is 14.6. The van der Waals surface area contributed by atoms with E-state index in [1.165, 1.54) is 7.11 Å². The van der Waals surface area contributed by atoms with E-state index < -0.39 is 0 Å². The van der Waals surface area contributed by atoms with Gasteiger partial charge in [0.2, 0.25) is 0 Å². The molecule has 0 bridgehead atoms. The minimum atomic E-state index is -0.238. The summed E-state index contributed by atoms with van der Waals surface area (Å²) in [6.45, 7) is 4.06. The predicted octanol–water partition coefficient (Wildman–Crippen LogP) is 2.92. The van der Waals surface area contributed by atoms with Crippen molar-refractivity contribution in [3.05, 3.63) is 29.6 Å². The van der Waals surface area contributed by atoms with Crippen LogP contribution in [0.15, 0.2) is 18.2 Å². The summed E-state index contributed by atoms with van der Waals surface area (Å²) in [7, 11) is 3.64. The first-order valence-electron chi connectivity index (χ1n) is 7.52. The molecule has 5 heteroatoms. The first kappa shape index (κ1) is 16.6. The van der Waals surface area contributed by atoms with Crippen LogP contribution in [0.4, 0.5) is 4.39 Å². The van der Waals surface area contributed by atoms with Gasteiger partial charge in [-0.3, -0.25) is 4.90 Å². The zero-order valence-electron chi connectivity index (χ0n) is 13.1. The van der Waals surface area contributed by atoms with E-state index in [1.54, 1.807) is 6.07 Å². The van der Waals surface area contributed by atoms with Gasteiger partial charge in [0, 0.05) is 29.7 Å². The number of methoxy groups -OCH3 is 1. The quantitative estimate of drug-likeness (QED) is 0.873. The van der Waals surface area contributed by atoms with Crippen LogP contribution in [0.3, 0.4) is 0 Å². The monoisotopic (exact) mass is 312 g/mol. The van der Waals surface area contributed by atoms with Crippen molar-refractivity contribution in [2.45, 2.75) is 25.4 Å². The van der Waals surface area contributed by atoms with Crippen LogP contribution in [0, 0.1) is 5.82 Å². The lowest BCUT2D eigenvalue weighted by Crippen LogP contribution is -2.48. The number of hydrogen-bond donors (Lipinski definition) is 1. The number of ether oxygens (including phenoxy) is 1. The Labute approximate surface area is 131 Å². The maximum Gasteiger partial charge on any atom is 0.169 e. The van der Waals surface area contributed by atoms with Crippen molar-refractivity contribution in [1.82, 2.24) is 10.2 Å². The minimum absolute atomic E-state index is 0.00199. The van der Waals surface area contributed by atoms with Gasteiger partial charge in [0.25, 0.3) is 0 Å². The highest BCUT2D eigenvalue weighted by Gasteiger charge is 2.31. The third-order valence-electron chi connectivity index (χ3n) is 3.99. The molecule has 3 nitrogen and oxygen atoms in total. The molecule has 2 rings (SSSR count). The molecule has 0 amide bonds. The Bertz CT molecular complexity index is 458. The van der Waals surface area contributed by atoms with E-state index in [0.717, 1.165) is 31.0 Å². The Morgan fingerprint density at radius 1 is 1.52 bits per heavy atom. The van der Waals surface area contributed by atoms with Crippen molar-refractivity contribution in [1.29, 1.82) is 0 Å². The molecule has 1 fully saturated rings. The van der Waals surface area contributed by atoms with E-state index in [4.69, 9.17) is 4.74 Å². The molecule has 1 aromatic carbocycles. The van der Waals surface area contributed by atoms with E-state index >= 15 is 0 Å². The fourth-order valence-electron chi connectivity index (χ4n) is 2.74. The SMILES string of the molecule is CCCNC(c1cccc(OC)c1F)C1CSCCN1C. The molecule has 2 unspecified atom stereocenters. The second kappa shape index (κ2) is 8.01. The number of benzene rings is 1. The van der Waals surface area contributed by atoms with Crippen molar-refractivity contribution >= 4 is 11.8 Å². The van der Waals surface area contributed by atoms with Crippen LogP contribution in [-0.4, -0.2) is 49.7 Å². The van der Waals surface area contributed by atoms with Crippen LogP contribution in [0.5, 0.6) is 5.75 Å². The van der Waals surface area contributed by atoms with E-state index in [9.17, 15) is 4.39 Å². The summed E-state index contributed by atoms with van der Waals surface area (Å²) >= 11 is 1.94. The van der Waals surface area contributed by atoms with Gasteiger partial charge in [-0.25, -0.2) is 4.39 Å². The highest BCUT2D eigenvalue weighted by atomic mass is 32.2. The van der Waals surface area contributed by atoms with Crippen LogP contribution in [0.25, 0.3) is 0 Å². The first-order valence-corrected chi connectivity index (χ1v) is 8.68. The standard InChI is InChI=1S/C16H25FN2OS/c1-4-8-18-16(13-11-21-10-9-19(13)2)12-6-5-7-14(20-3)15(12)17/h5-7,13,16,18H,4,8-11H2,1-3H3. The van der Waals surface area contributed by atoms with Crippen LogP contribution < -0.4 is 10.1 Å². The zero-order chi connectivity index (χ0) is 15.2. The summed E-state index contributed by atoms with van der Waals surface area (Å²) in [6, 6.07) is 5.72. The van der Waals surface area contributed by atoms with Crippen LogP contribution in [0.1, 0.15) is 24.9 Å². The highest BCUT2D eigenvalue weighted by Crippen LogP contribution is 2.31. The molecule has 1 heterocycles. The van der Waals surface area contributed by atoms with Gasteiger partial charge in [-0.05, 0) is 26.1 Å². The highest BCUT2D eigenvalue weighted by molar-refractivity contribution is 7.99. The topological polar surface area (TPSA) is 24.5 Å². The molecular weight excluding hydrogens is 287 g/mol. The number of halogens is 1. The van der Waals surface area contributed by atoms with E-state index in [-0.39, 0.29) is 11.9 Å². The second-order valence-electron chi connectivity index (χ2n) is 5.42. The average molecular weight is 312 g/mol. The van der Waals surface area contributed by atoms with Gasteiger partial charge in [-0.15, -0.1) is 0 Å². The van der Waals surface area contributed by atoms with Crippen LogP contribution in [-0.2, 0) is 0 Å². The molecule has 0 radical (unpaired) electrons. The van der Waals surface area contributed by atoms with Crippen molar-refractivity contribution in [3.63, 3.8) is 0 Å². The van der Waals surface area contributed by atoms with Gasteiger partial charge in [0.05, 0.1) is 13.2 Å². The van der Waals surface area contributed by atoms with Gasteiger partial charge < -0.3 is 10.1 Å². The average Bonchev–Trinajstić information content (AvgIpc) is 2.50. The summed E-state index contributed by atoms with van der Waals surface area (Å²) in [6.07, 6.45) is 1.03. The van der Waals surface area contributed by atoms with Gasteiger partial charge in [0.15, 0.2) is 11.6 Å². The Morgan fingerprint density at radius 2 is 2.33 bits per heavy atom. The van der Waals surface area contributed by atoms with Gasteiger partial charge in [-0.2, -0.15) is 11.8 Å². The zero-order valence-corrected chi connectivity index (χ0v) is 13.9. The molecule has 2 atom stereocenters. The molecule has 1 saturated heterocycles.